The van der Waals surface area contributed by atoms with Gasteiger partial charge in [0.1, 0.15) is 23.2 Å². The van der Waals surface area contributed by atoms with Gasteiger partial charge in [-0.15, -0.1) is 0 Å². The van der Waals surface area contributed by atoms with Crippen molar-refractivity contribution in [1.29, 1.82) is 5.26 Å². The molecule has 0 saturated carbocycles. The van der Waals surface area contributed by atoms with E-state index in [4.69, 9.17) is 10.6 Å². The van der Waals surface area contributed by atoms with Crippen molar-refractivity contribution in [2.45, 2.75) is 6.18 Å². The number of nitriles is 1. The Morgan fingerprint density at radius 2 is 1.94 bits per heavy atom. The van der Waals surface area contributed by atoms with Crippen LogP contribution in [0.25, 0.3) is 11.1 Å². The minimum Gasteiger partial charge on any atom is -0.495 e. The Morgan fingerprint density at radius 3 is 2.53 bits per heavy atom. The number of hydrazine groups is 1. The molecule has 0 saturated heterocycles. The molecule has 0 bridgehead atoms. The largest absolute Gasteiger partial charge is 0.495 e. The number of ether oxygens (including phenoxy) is 1. The minimum absolute atomic E-state index is 0.0579. The van der Waals surface area contributed by atoms with Crippen molar-refractivity contribution in [3.63, 3.8) is 0 Å². The number of alkyl halides is 3. The zero-order chi connectivity index (χ0) is 23.3. The number of carbonyl (C=O) groups excluding carboxylic acids is 1. The molecule has 1 aromatic carbocycles. The Kier molecular flexibility index (Phi) is 6.41. The molecule has 9 nitrogen and oxygen atoms in total. The molecule has 3 rings (SSSR count). The maximum atomic E-state index is 13.0. The highest BCUT2D eigenvalue weighted by Crippen LogP contribution is 2.35. The van der Waals surface area contributed by atoms with Crippen LogP contribution < -0.4 is 26.6 Å². The van der Waals surface area contributed by atoms with E-state index in [0.29, 0.717) is 11.1 Å². The summed E-state index contributed by atoms with van der Waals surface area (Å²) in [6.07, 6.45) is -1.70. The van der Waals surface area contributed by atoms with Crippen LogP contribution in [0.1, 0.15) is 11.1 Å². The second kappa shape index (κ2) is 9.19. The summed E-state index contributed by atoms with van der Waals surface area (Å²) in [5.74, 6) is 5.74. The topological polar surface area (TPSA) is 138 Å². The molecule has 0 aliphatic heterocycles. The SMILES string of the molecule is COc1ccc(C(F)(F)F)cc1NC(=O)Nc1ccc(-c2ccnc(NN)c2C#N)cn1. The van der Waals surface area contributed by atoms with Crippen LogP contribution in [0.15, 0.2) is 48.8 Å². The number of nitrogens with two attached hydrogens (primary N) is 1. The Labute approximate surface area is 180 Å². The van der Waals surface area contributed by atoms with Crippen molar-refractivity contribution in [2.24, 2.45) is 5.84 Å². The lowest BCUT2D eigenvalue weighted by atomic mass is 10.0. The molecule has 0 aliphatic carbocycles. The number of benzene rings is 1. The Morgan fingerprint density at radius 1 is 1.16 bits per heavy atom. The van der Waals surface area contributed by atoms with Gasteiger partial charge in [-0.1, -0.05) is 0 Å². The summed E-state index contributed by atoms with van der Waals surface area (Å²) in [6, 6.07) is 8.59. The van der Waals surface area contributed by atoms with Crippen LogP contribution in [0.2, 0.25) is 0 Å². The quantitative estimate of drug-likeness (QED) is 0.346. The Bertz CT molecular complexity index is 1180. The zero-order valence-electron chi connectivity index (χ0n) is 16.5. The summed E-state index contributed by atoms with van der Waals surface area (Å²) in [4.78, 5) is 20.3. The van der Waals surface area contributed by atoms with E-state index in [9.17, 15) is 23.2 Å². The van der Waals surface area contributed by atoms with Gasteiger partial charge in [-0.3, -0.25) is 5.32 Å². The molecule has 2 aromatic heterocycles. The number of urea groups is 1. The lowest BCUT2D eigenvalue weighted by molar-refractivity contribution is -0.137. The van der Waals surface area contributed by atoms with Crippen LogP contribution in [-0.4, -0.2) is 23.1 Å². The highest BCUT2D eigenvalue weighted by Gasteiger charge is 2.31. The zero-order valence-corrected chi connectivity index (χ0v) is 16.5. The molecule has 32 heavy (non-hydrogen) atoms. The molecule has 2 amide bonds. The average Bonchev–Trinajstić information content (AvgIpc) is 2.78. The van der Waals surface area contributed by atoms with Gasteiger partial charge in [-0.25, -0.2) is 20.6 Å². The second-order valence-corrected chi connectivity index (χ2v) is 6.26. The molecule has 3 aromatic rings. The Balaban J connectivity index is 1.77. The predicted molar refractivity (Wildman–Crippen MR) is 111 cm³/mol. The third-order valence-electron chi connectivity index (χ3n) is 4.29. The second-order valence-electron chi connectivity index (χ2n) is 6.26. The molecule has 5 N–H and O–H groups in total. The number of aromatic nitrogens is 2. The van der Waals surface area contributed by atoms with Gasteiger partial charge in [0.25, 0.3) is 0 Å². The maximum Gasteiger partial charge on any atom is 0.416 e. The third-order valence-corrected chi connectivity index (χ3v) is 4.29. The first-order valence-electron chi connectivity index (χ1n) is 8.92. The van der Waals surface area contributed by atoms with Gasteiger partial charge in [0, 0.05) is 23.5 Å². The number of amides is 2. The first kappa shape index (κ1) is 22.3. The number of nitrogens with one attached hydrogen (secondary N) is 3. The molecule has 0 atom stereocenters. The third kappa shape index (κ3) is 4.85. The van der Waals surface area contributed by atoms with E-state index in [0.717, 1.165) is 18.2 Å². The summed E-state index contributed by atoms with van der Waals surface area (Å²) >= 11 is 0. The minimum atomic E-state index is -4.58. The number of carbonyl (C=O) groups is 1. The Hall–Kier alpha value is -4.37. The molecule has 0 fully saturated rings. The molecular formula is C20H16F3N7O2. The fraction of sp³-hybridized carbons (Fsp3) is 0.100. The smallest absolute Gasteiger partial charge is 0.416 e. The number of hydrogen-bond acceptors (Lipinski definition) is 7. The van der Waals surface area contributed by atoms with Gasteiger partial charge in [0.15, 0.2) is 5.82 Å². The van der Waals surface area contributed by atoms with E-state index >= 15 is 0 Å². The van der Waals surface area contributed by atoms with Crippen molar-refractivity contribution >= 4 is 23.4 Å². The normalized spacial score (nSPS) is 10.8. The maximum absolute atomic E-state index is 13.0. The predicted octanol–water partition coefficient (Wildman–Crippen LogP) is 3.97. The number of anilines is 3. The highest BCUT2D eigenvalue weighted by atomic mass is 19.4. The van der Waals surface area contributed by atoms with Gasteiger partial charge in [-0.05, 0) is 36.4 Å². The lowest BCUT2D eigenvalue weighted by Gasteiger charge is -2.14. The highest BCUT2D eigenvalue weighted by molar-refractivity contribution is 6.00. The van der Waals surface area contributed by atoms with Crippen LogP contribution in [0.4, 0.5) is 35.3 Å². The monoisotopic (exact) mass is 443 g/mol. The standard InChI is InChI=1S/C20H16F3N7O2/c1-32-16-4-3-12(20(21,22)23)8-15(16)28-19(31)29-17-5-2-11(10-27-17)13-6-7-26-18(30-25)14(13)9-24/h2-8,10H,25H2,1H3,(H,26,30)(H2,27,28,29,31). The molecule has 164 valence electrons. The van der Waals surface area contributed by atoms with Crippen LogP contribution in [0, 0.1) is 11.3 Å². The van der Waals surface area contributed by atoms with Crippen molar-refractivity contribution in [2.75, 3.05) is 23.2 Å². The van der Waals surface area contributed by atoms with Gasteiger partial charge in [0.2, 0.25) is 0 Å². The van der Waals surface area contributed by atoms with Crippen LogP contribution in [0.3, 0.4) is 0 Å². The summed E-state index contributed by atoms with van der Waals surface area (Å²) < 4.78 is 43.9. The molecule has 12 heteroatoms. The van der Waals surface area contributed by atoms with Gasteiger partial charge >= 0.3 is 12.2 Å². The summed E-state index contributed by atoms with van der Waals surface area (Å²) in [7, 11) is 1.27. The van der Waals surface area contributed by atoms with Crippen LogP contribution >= 0.6 is 0 Å². The van der Waals surface area contributed by atoms with Crippen molar-refractivity contribution in [3.05, 3.63) is 59.9 Å². The van der Waals surface area contributed by atoms with E-state index in [2.05, 4.69) is 26.0 Å². The van der Waals surface area contributed by atoms with Crippen LogP contribution in [0.5, 0.6) is 5.75 Å². The number of rotatable bonds is 5. The van der Waals surface area contributed by atoms with E-state index in [-0.39, 0.29) is 28.6 Å². The number of hydrogen-bond donors (Lipinski definition) is 4. The summed E-state index contributed by atoms with van der Waals surface area (Å²) in [5, 5.41) is 14.1. The molecule has 0 spiro atoms. The number of methoxy groups -OCH3 is 1. The van der Waals surface area contributed by atoms with Crippen molar-refractivity contribution in [1.82, 2.24) is 9.97 Å². The first-order chi connectivity index (χ1) is 15.3. The fourth-order valence-electron chi connectivity index (χ4n) is 2.80. The molecule has 2 heterocycles. The van der Waals surface area contributed by atoms with E-state index in [1.807, 2.05) is 6.07 Å². The number of nitrogens with zero attached hydrogens (tertiary/aromatic N) is 3. The van der Waals surface area contributed by atoms with E-state index in [1.165, 1.54) is 25.6 Å². The van der Waals surface area contributed by atoms with Crippen molar-refractivity contribution < 1.29 is 22.7 Å². The first-order valence-corrected chi connectivity index (χ1v) is 8.92. The molecule has 0 aliphatic rings. The van der Waals surface area contributed by atoms with E-state index in [1.54, 1.807) is 12.1 Å². The van der Waals surface area contributed by atoms with Gasteiger partial charge < -0.3 is 15.5 Å². The van der Waals surface area contributed by atoms with Crippen LogP contribution in [-0.2, 0) is 6.18 Å². The summed E-state index contributed by atoms with van der Waals surface area (Å²) in [5.41, 5.74) is 2.54. The number of nitrogen functional groups attached to an aromatic ring is 1. The van der Waals surface area contributed by atoms with E-state index < -0.39 is 17.8 Å². The number of pyridine rings is 2. The van der Waals surface area contributed by atoms with Gasteiger partial charge in [-0.2, -0.15) is 18.4 Å². The number of halogens is 3. The van der Waals surface area contributed by atoms with Crippen molar-refractivity contribution in [3.8, 4) is 22.9 Å². The summed E-state index contributed by atoms with van der Waals surface area (Å²) in [6.45, 7) is 0. The molecular weight excluding hydrogens is 427 g/mol. The molecule has 0 unspecified atom stereocenters. The van der Waals surface area contributed by atoms with Gasteiger partial charge in [0.05, 0.1) is 18.4 Å². The fourth-order valence-corrected chi connectivity index (χ4v) is 2.80. The molecule has 0 radical (unpaired) electrons. The lowest BCUT2D eigenvalue weighted by Crippen LogP contribution is -2.21. The average molecular weight is 443 g/mol.